The smallest absolute Gasteiger partial charge is 0.224 e. The number of aromatic nitrogens is 1. The zero-order valence-electron chi connectivity index (χ0n) is 13.4. The topological polar surface area (TPSA) is 51.2 Å². The van der Waals surface area contributed by atoms with E-state index in [1.54, 1.807) is 12.4 Å². The number of rotatable bonds is 5. The van der Waals surface area contributed by atoms with Gasteiger partial charge in [0.15, 0.2) is 0 Å². The van der Waals surface area contributed by atoms with Crippen molar-refractivity contribution >= 4 is 5.91 Å². The minimum absolute atomic E-state index is 0.0610. The number of aryl methyl sites for hydroxylation is 1. The van der Waals surface area contributed by atoms with Crippen molar-refractivity contribution in [3.63, 3.8) is 0 Å². The number of ether oxygens (including phenoxy) is 1. The Bertz CT molecular complexity index is 657. The lowest BCUT2D eigenvalue weighted by Gasteiger charge is -2.19. The molecule has 120 valence electrons. The van der Waals surface area contributed by atoms with Gasteiger partial charge in [-0.3, -0.25) is 9.78 Å². The SMILES string of the molecule is Cc1cccc(CC(=O)NC2COCC2Cc2ccncc2)c1. The van der Waals surface area contributed by atoms with Gasteiger partial charge in [0, 0.05) is 18.3 Å². The number of carbonyl (C=O) groups is 1. The van der Waals surface area contributed by atoms with Gasteiger partial charge in [-0.25, -0.2) is 0 Å². The van der Waals surface area contributed by atoms with Crippen molar-refractivity contribution in [3.05, 3.63) is 65.5 Å². The maximum Gasteiger partial charge on any atom is 0.224 e. The van der Waals surface area contributed by atoms with Gasteiger partial charge in [0.2, 0.25) is 5.91 Å². The molecule has 0 aliphatic carbocycles. The second kappa shape index (κ2) is 7.38. The minimum atomic E-state index is 0.0610. The molecule has 2 unspecified atom stereocenters. The third kappa shape index (κ3) is 4.39. The van der Waals surface area contributed by atoms with Crippen molar-refractivity contribution in [3.8, 4) is 0 Å². The molecule has 2 aromatic rings. The molecule has 1 aliphatic rings. The van der Waals surface area contributed by atoms with Crippen molar-refractivity contribution < 1.29 is 9.53 Å². The fourth-order valence-corrected chi connectivity index (χ4v) is 3.05. The van der Waals surface area contributed by atoms with Crippen molar-refractivity contribution in [2.45, 2.75) is 25.8 Å². The number of nitrogens with zero attached hydrogens (tertiary/aromatic N) is 1. The van der Waals surface area contributed by atoms with Gasteiger partial charge in [-0.1, -0.05) is 29.8 Å². The van der Waals surface area contributed by atoms with E-state index in [0.717, 1.165) is 12.0 Å². The van der Waals surface area contributed by atoms with Crippen LogP contribution < -0.4 is 5.32 Å². The predicted octanol–water partition coefficient (Wildman–Crippen LogP) is 2.31. The van der Waals surface area contributed by atoms with E-state index in [2.05, 4.69) is 16.4 Å². The first-order valence-corrected chi connectivity index (χ1v) is 8.02. The van der Waals surface area contributed by atoms with Crippen LogP contribution in [-0.2, 0) is 22.4 Å². The molecule has 4 nitrogen and oxygen atoms in total. The summed E-state index contributed by atoms with van der Waals surface area (Å²) in [6, 6.07) is 12.2. The standard InChI is InChI=1S/C19H22N2O2/c1-14-3-2-4-16(9-14)11-19(22)21-18-13-23-12-17(18)10-15-5-7-20-8-6-15/h2-9,17-18H,10-13H2,1H3,(H,21,22). The van der Waals surface area contributed by atoms with E-state index in [4.69, 9.17) is 4.74 Å². The number of hydrogen-bond donors (Lipinski definition) is 1. The number of amides is 1. The Hall–Kier alpha value is -2.20. The first-order chi connectivity index (χ1) is 11.2. The number of hydrogen-bond acceptors (Lipinski definition) is 3. The molecule has 2 heterocycles. The third-order valence-corrected chi connectivity index (χ3v) is 4.24. The van der Waals surface area contributed by atoms with Crippen molar-refractivity contribution in [2.24, 2.45) is 5.92 Å². The Kier molecular flexibility index (Phi) is 5.03. The average Bonchev–Trinajstić information content (AvgIpc) is 2.95. The average molecular weight is 310 g/mol. The van der Waals surface area contributed by atoms with Gasteiger partial charge in [0.25, 0.3) is 0 Å². The highest BCUT2D eigenvalue weighted by molar-refractivity contribution is 5.79. The lowest BCUT2D eigenvalue weighted by atomic mass is 9.95. The van der Waals surface area contributed by atoms with E-state index in [9.17, 15) is 4.79 Å². The minimum Gasteiger partial charge on any atom is -0.379 e. The quantitative estimate of drug-likeness (QED) is 0.922. The van der Waals surface area contributed by atoms with Gasteiger partial charge in [-0.05, 0) is 36.6 Å². The van der Waals surface area contributed by atoms with Gasteiger partial charge in [-0.15, -0.1) is 0 Å². The van der Waals surface area contributed by atoms with Crippen molar-refractivity contribution in [1.29, 1.82) is 0 Å². The summed E-state index contributed by atoms with van der Waals surface area (Å²) in [4.78, 5) is 16.3. The summed E-state index contributed by atoms with van der Waals surface area (Å²) in [6.45, 7) is 3.32. The molecular formula is C19H22N2O2. The Balaban J connectivity index is 1.56. The molecule has 4 heteroatoms. The highest BCUT2D eigenvalue weighted by atomic mass is 16.5. The Labute approximate surface area is 136 Å². The third-order valence-electron chi connectivity index (χ3n) is 4.24. The molecule has 3 rings (SSSR count). The highest BCUT2D eigenvalue weighted by Crippen LogP contribution is 2.19. The maximum atomic E-state index is 12.3. The number of pyridine rings is 1. The molecule has 23 heavy (non-hydrogen) atoms. The summed E-state index contributed by atoms with van der Waals surface area (Å²) in [5.74, 6) is 0.379. The first-order valence-electron chi connectivity index (χ1n) is 8.02. The van der Waals surface area contributed by atoms with E-state index < -0.39 is 0 Å². The van der Waals surface area contributed by atoms with Crippen LogP contribution in [0.2, 0.25) is 0 Å². The molecule has 1 fully saturated rings. The largest absolute Gasteiger partial charge is 0.379 e. The predicted molar refractivity (Wildman–Crippen MR) is 89.1 cm³/mol. The van der Waals surface area contributed by atoms with Gasteiger partial charge in [0.05, 0.1) is 25.7 Å². The molecule has 2 atom stereocenters. The molecule has 0 bridgehead atoms. The molecule has 0 saturated carbocycles. The molecule has 1 amide bonds. The summed E-state index contributed by atoms with van der Waals surface area (Å²) in [5.41, 5.74) is 3.45. The monoisotopic (exact) mass is 310 g/mol. The van der Waals surface area contributed by atoms with Crippen LogP contribution in [0.4, 0.5) is 0 Å². The first kappa shape index (κ1) is 15.7. The summed E-state index contributed by atoms with van der Waals surface area (Å²) in [6.07, 6.45) is 4.92. The molecule has 1 aliphatic heterocycles. The van der Waals surface area contributed by atoms with E-state index in [0.29, 0.717) is 25.6 Å². The summed E-state index contributed by atoms with van der Waals surface area (Å²) >= 11 is 0. The van der Waals surface area contributed by atoms with E-state index in [-0.39, 0.29) is 11.9 Å². The normalized spacial score (nSPS) is 20.4. The van der Waals surface area contributed by atoms with Crippen LogP contribution in [-0.4, -0.2) is 30.1 Å². The van der Waals surface area contributed by atoms with Crippen molar-refractivity contribution in [1.82, 2.24) is 10.3 Å². The second-order valence-corrected chi connectivity index (χ2v) is 6.20. The molecule has 0 radical (unpaired) electrons. The lowest BCUT2D eigenvalue weighted by Crippen LogP contribution is -2.41. The highest BCUT2D eigenvalue weighted by Gasteiger charge is 2.29. The van der Waals surface area contributed by atoms with Crippen LogP contribution in [0.25, 0.3) is 0 Å². The molecule has 1 aromatic carbocycles. The summed E-state index contributed by atoms with van der Waals surface area (Å²) < 4.78 is 5.58. The Morgan fingerprint density at radius 3 is 2.83 bits per heavy atom. The molecular weight excluding hydrogens is 288 g/mol. The lowest BCUT2D eigenvalue weighted by molar-refractivity contribution is -0.121. The molecule has 1 saturated heterocycles. The Morgan fingerprint density at radius 1 is 1.22 bits per heavy atom. The number of nitrogens with one attached hydrogen (secondary N) is 1. The number of benzene rings is 1. The zero-order chi connectivity index (χ0) is 16.1. The van der Waals surface area contributed by atoms with Gasteiger partial charge < -0.3 is 10.1 Å². The zero-order valence-corrected chi connectivity index (χ0v) is 13.4. The summed E-state index contributed by atoms with van der Waals surface area (Å²) in [7, 11) is 0. The molecule has 0 spiro atoms. The van der Waals surface area contributed by atoms with Gasteiger partial charge in [-0.2, -0.15) is 0 Å². The van der Waals surface area contributed by atoms with Crippen LogP contribution in [0.3, 0.4) is 0 Å². The van der Waals surface area contributed by atoms with E-state index in [1.807, 2.05) is 37.3 Å². The van der Waals surface area contributed by atoms with Crippen LogP contribution in [0.1, 0.15) is 16.7 Å². The van der Waals surface area contributed by atoms with E-state index in [1.165, 1.54) is 11.1 Å². The molecule has 1 N–H and O–H groups in total. The maximum absolute atomic E-state index is 12.3. The molecule has 1 aromatic heterocycles. The van der Waals surface area contributed by atoms with Crippen LogP contribution in [0.5, 0.6) is 0 Å². The van der Waals surface area contributed by atoms with E-state index >= 15 is 0 Å². The Morgan fingerprint density at radius 2 is 2.04 bits per heavy atom. The number of carbonyl (C=O) groups excluding carboxylic acids is 1. The van der Waals surface area contributed by atoms with Crippen molar-refractivity contribution in [2.75, 3.05) is 13.2 Å². The van der Waals surface area contributed by atoms with Crippen LogP contribution in [0.15, 0.2) is 48.8 Å². The van der Waals surface area contributed by atoms with Gasteiger partial charge >= 0.3 is 0 Å². The van der Waals surface area contributed by atoms with Crippen LogP contribution in [0, 0.1) is 12.8 Å². The van der Waals surface area contributed by atoms with Gasteiger partial charge in [0.1, 0.15) is 0 Å². The van der Waals surface area contributed by atoms with Crippen LogP contribution >= 0.6 is 0 Å². The second-order valence-electron chi connectivity index (χ2n) is 6.20. The summed E-state index contributed by atoms with van der Waals surface area (Å²) in [5, 5.41) is 3.14. The fraction of sp³-hybridized carbons (Fsp3) is 0.368. The fourth-order valence-electron chi connectivity index (χ4n) is 3.05.